The lowest BCUT2D eigenvalue weighted by molar-refractivity contribution is -0.134. The Morgan fingerprint density at radius 3 is 1.39 bits per heavy atom. The summed E-state index contributed by atoms with van der Waals surface area (Å²) < 4.78 is 0. The summed E-state index contributed by atoms with van der Waals surface area (Å²) in [6.07, 6.45) is 2.81. The maximum Gasteiger partial charge on any atom is 0.139 e. The topological polar surface area (TPSA) is 17.1 Å². The van der Waals surface area contributed by atoms with Gasteiger partial charge in [-0.05, 0) is 36.5 Å². The molecule has 0 aliphatic rings. The minimum absolute atomic E-state index is 0.105. The van der Waals surface area contributed by atoms with Crippen LogP contribution < -0.4 is 0 Å². The number of rotatable bonds is 8. The summed E-state index contributed by atoms with van der Waals surface area (Å²) in [6.45, 7) is 17.7. The fourth-order valence-corrected chi connectivity index (χ4v) is 3.14. The van der Waals surface area contributed by atoms with Gasteiger partial charge in [-0.3, -0.25) is 4.79 Å². The number of hydrogen-bond acceptors (Lipinski definition) is 1. The summed E-state index contributed by atoms with van der Waals surface area (Å²) in [6, 6.07) is 0. The Bertz CT molecular complexity index is 238. The molecular weight excluding hydrogens is 220 g/mol. The van der Waals surface area contributed by atoms with E-state index in [0.717, 1.165) is 19.3 Å². The number of carbonyl (C=O) groups excluding carboxylic acids is 1. The number of carbonyl (C=O) groups is 1. The van der Waals surface area contributed by atoms with Crippen LogP contribution in [0.25, 0.3) is 0 Å². The number of ketones is 1. The van der Waals surface area contributed by atoms with Crippen LogP contribution in [0, 0.1) is 29.1 Å². The second kappa shape index (κ2) is 7.31. The van der Waals surface area contributed by atoms with E-state index < -0.39 is 0 Å². The maximum atomic E-state index is 12.8. The Hall–Kier alpha value is -0.330. The van der Waals surface area contributed by atoms with Gasteiger partial charge >= 0.3 is 0 Å². The first kappa shape index (κ1) is 17.7. The van der Waals surface area contributed by atoms with Crippen LogP contribution in [0.1, 0.15) is 74.7 Å². The molecule has 18 heavy (non-hydrogen) atoms. The number of Topliss-reactive ketones (excluding diaryl/α,β-unsaturated/α-hetero) is 1. The van der Waals surface area contributed by atoms with Crippen LogP contribution in [0.2, 0.25) is 0 Å². The first-order chi connectivity index (χ1) is 8.11. The third-order valence-corrected chi connectivity index (χ3v) is 3.80. The van der Waals surface area contributed by atoms with Crippen LogP contribution in [-0.2, 0) is 4.79 Å². The molecule has 0 N–H and O–H groups in total. The lowest BCUT2D eigenvalue weighted by Crippen LogP contribution is -2.39. The summed E-state index contributed by atoms with van der Waals surface area (Å²) in [7, 11) is 0. The van der Waals surface area contributed by atoms with Crippen molar-refractivity contribution in [3.8, 4) is 0 Å². The van der Waals surface area contributed by atoms with Gasteiger partial charge in [0, 0.05) is 11.8 Å². The Balaban J connectivity index is 5.24. The van der Waals surface area contributed by atoms with E-state index in [1.54, 1.807) is 0 Å². The van der Waals surface area contributed by atoms with Crippen molar-refractivity contribution in [1.29, 1.82) is 0 Å². The van der Waals surface area contributed by atoms with E-state index in [2.05, 4.69) is 55.4 Å². The zero-order chi connectivity index (χ0) is 14.5. The van der Waals surface area contributed by atoms with Crippen LogP contribution in [0.15, 0.2) is 0 Å². The van der Waals surface area contributed by atoms with Gasteiger partial charge in [0.15, 0.2) is 0 Å². The molecule has 0 rings (SSSR count). The summed E-state index contributed by atoms with van der Waals surface area (Å²) in [5.74, 6) is 2.57. The Morgan fingerprint density at radius 1 is 0.778 bits per heavy atom. The van der Waals surface area contributed by atoms with Crippen LogP contribution in [0.4, 0.5) is 0 Å². The van der Waals surface area contributed by atoms with Gasteiger partial charge in [-0.15, -0.1) is 0 Å². The second-order valence-electron chi connectivity index (χ2n) is 7.53. The summed E-state index contributed by atoms with van der Waals surface area (Å²) in [4.78, 5) is 12.8. The molecule has 0 aliphatic carbocycles. The van der Waals surface area contributed by atoms with E-state index in [1.165, 1.54) is 0 Å². The van der Waals surface area contributed by atoms with Crippen molar-refractivity contribution in [3.05, 3.63) is 0 Å². The third kappa shape index (κ3) is 5.12. The first-order valence-electron chi connectivity index (χ1n) is 7.65. The first-order valence-corrected chi connectivity index (χ1v) is 7.65. The van der Waals surface area contributed by atoms with E-state index >= 15 is 0 Å². The van der Waals surface area contributed by atoms with Gasteiger partial charge in [-0.2, -0.15) is 0 Å². The van der Waals surface area contributed by atoms with Gasteiger partial charge in [-0.25, -0.2) is 0 Å². The molecule has 0 aliphatic heterocycles. The molecule has 0 heterocycles. The van der Waals surface area contributed by atoms with Crippen LogP contribution in [0.3, 0.4) is 0 Å². The Morgan fingerprint density at radius 2 is 1.17 bits per heavy atom. The molecule has 0 saturated heterocycles. The van der Waals surface area contributed by atoms with Gasteiger partial charge in [-0.1, -0.05) is 55.4 Å². The smallest absolute Gasteiger partial charge is 0.139 e. The summed E-state index contributed by atoms with van der Waals surface area (Å²) in [5.41, 5.74) is -0.105. The molecule has 0 amide bonds. The average molecular weight is 254 g/mol. The van der Waals surface area contributed by atoms with Crippen LogP contribution in [0.5, 0.6) is 0 Å². The molecule has 1 nitrogen and oxygen atoms in total. The molecular formula is C17H34O. The van der Waals surface area contributed by atoms with Crippen molar-refractivity contribution in [2.75, 3.05) is 0 Å². The highest BCUT2D eigenvalue weighted by molar-refractivity contribution is 5.85. The SMILES string of the molecule is CC(C)CC(=O)C(CC(C)C)(CC(C)C)C(C)C. The van der Waals surface area contributed by atoms with Crippen molar-refractivity contribution < 1.29 is 4.79 Å². The van der Waals surface area contributed by atoms with E-state index in [-0.39, 0.29) is 5.41 Å². The lowest BCUT2D eigenvalue weighted by atomic mass is 9.63. The Kier molecular flexibility index (Phi) is 7.17. The van der Waals surface area contributed by atoms with Crippen LogP contribution in [-0.4, -0.2) is 5.78 Å². The van der Waals surface area contributed by atoms with Crippen molar-refractivity contribution in [3.63, 3.8) is 0 Å². The molecule has 0 fully saturated rings. The minimum Gasteiger partial charge on any atom is -0.299 e. The molecule has 0 aromatic heterocycles. The average Bonchev–Trinajstić information content (AvgIpc) is 2.13. The minimum atomic E-state index is -0.105. The maximum absolute atomic E-state index is 12.8. The highest BCUT2D eigenvalue weighted by atomic mass is 16.1. The molecule has 0 spiro atoms. The van der Waals surface area contributed by atoms with Crippen LogP contribution >= 0.6 is 0 Å². The van der Waals surface area contributed by atoms with Crippen molar-refractivity contribution in [2.24, 2.45) is 29.1 Å². The fraction of sp³-hybridized carbons (Fsp3) is 0.941. The van der Waals surface area contributed by atoms with E-state index in [9.17, 15) is 4.79 Å². The largest absolute Gasteiger partial charge is 0.299 e. The fourth-order valence-electron chi connectivity index (χ4n) is 3.14. The van der Waals surface area contributed by atoms with Crippen molar-refractivity contribution in [1.82, 2.24) is 0 Å². The number of hydrogen-bond donors (Lipinski definition) is 0. The predicted octanol–water partition coefficient (Wildman–Crippen LogP) is 5.34. The summed E-state index contributed by atoms with van der Waals surface area (Å²) >= 11 is 0. The highest BCUT2D eigenvalue weighted by Gasteiger charge is 2.41. The van der Waals surface area contributed by atoms with Crippen molar-refractivity contribution >= 4 is 5.78 Å². The molecule has 0 unspecified atom stereocenters. The zero-order valence-corrected chi connectivity index (χ0v) is 13.8. The van der Waals surface area contributed by atoms with Crippen molar-refractivity contribution in [2.45, 2.75) is 74.7 Å². The molecule has 108 valence electrons. The van der Waals surface area contributed by atoms with Gasteiger partial charge in [0.25, 0.3) is 0 Å². The normalized spacial score (nSPS) is 13.1. The van der Waals surface area contributed by atoms with E-state index in [1.807, 2.05) is 0 Å². The van der Waals surface area contributed by atoms with Gasteiger partial charge < -0.3 is 0 Å². The lowest BCUT2D eigenvalue weighted by Gasteiger charge is -2.40. The third-order valence-electron chi connectivity index (χ3n) is 3.80. The predicted molar refractivity (Wildman–Crippen MR) is 80.6 cm³/mol. The highest BCUT2D eigenvalue weighted by Crippen LogP contribution is 2.43. The molecule has 0 radical (unpaired) electrons. The molecule has 0 saturated carbocycles. The van der Waals surface area contributed by atoms with E-state index in [0.29, 0.717) is 29.5 Å². The molecule has 0 atom stereocenters. The molecule has 0 bridgehead atoms. The second-order valence-corrected chi connectivity index (χ2v) is 7.53. The quantitative estimate of drug-likeness (QED) is 0.571. The Labute approximate surface area is 115 Å². The molecule has 1 heteroatoms. The monoisotopic (exact) mass is 254 g/mol. The van der Waals surface area contributed by atoms with Gasteiger partial charge in [0.2, 0.25) is 0 Å². The standard InChI is InChI=1S/C17H34O/c1-12(2)9-16(18)17(15(7)8,10-13(3)4)11-14(5)6/h12-15H,9-11H2,1-8H3. The molecule has 0 aromatic rings. The van der Waals surface area contributed by atoms with E-state index in [4.69, 9.17) is 0 Å². The molecule has 0 aromatic carbocycles. The zero-order valence-electron chi connectivity index (χ0n) is 13.8. The summed E-state index contributed by atoms with van der Waals surface area (Å²) in [5, 5.41) is 0. The van der Waals surface area contributed by atoms with Gasteiger partial charge in [0.05, 0.1) is 0 Å². The van der Waals surface area contributed by atoms with Gasteiger partial charge in [0.1, 0.15) is 5.78 Å².